The number of benzene rings is 1. The fourth-order valence-corrected chi connectivity index (χ4v) is 2.73. The van der Waals surface area contributed by atoms with Gasteiger partial charge < -0.3 is 0 Å². The Morgan fingerprint density at radius 1 is 1.04 bits per heavy atom. The molecule has 8 heteroatoms. The first-order chi connectivity index (χ1) is 12.1. The first-order valence-electron chi connectivity index (χ1n) is 7.40. The molecule has 0 unspecified atom stereocenters. The van der Waals surface area contributed by atoms with E-state index in [9.17, 15) is 31.5 Å². The summed E-state index contributed by atoms with van der Waals surface area (Å²) in [6, 6.07) is 2.36. The lowest BCUT2D eigenvalue weighted by Crippen LogP contribution is -2.22. The van der Waals surface area contributed by atoms with Gasteiger partial charge in [-0.05, 0) is 36.8 Å². The van der Waals surface area contributed by atoms with Gasteiger partial charge in [-0.15, -0.1) is 0 Å². The second kappa shape index (κ2) is 6.12. The summed E-state index contributed by atoms with van der Waals surface area (Å²) >= 11 is 0. The van der Waals surface area contributed by atoms with E-state index >= 15 is 0 Å². The second-order valence-corrected chi connectivity index (χ2v) is 5.80. The highest BCUT2D eigenvalue weighted by atomic mass is 19.4. The number of aryl methyl sites for hydroxylation is 1. The topological polar surface area (TPSA) is 47.0 Å². The Balaban J connectivity index is 1.99. The van der Waals surface area contributed by atoms with E-state index < -0.39 is 46.1 Å². The van der Waals surface area contributed by atoms with Crippen molar-refractivity contribution in [2.24, 2.45) is 0 Å². The van der Waals surface area contributed by atoms with Crippen LogP contribution in [0.15, 0.2) is 36.0 Å². The molecular weight excluding hydrogens is 357 g/mol. The Labute approximate surface area is 144 Å². The predicted octanol–water partition coefficient (Wildman–Crippen LogP) is 4.24. The van der Waals surface area contributed by atoms with E-state index in [4.69, 9.17) is 0 Å². The summed E-state index contributed by atoms with van der Waals surface area (Å²) < 4.78 is 65.8. The number of aromatic nitrogens is 1. The molecule has 1 aromatic heterocycles. The first kappa shape index (κ1) is 17.9. The Bertz CT molecular complexity index is 976. The number of carbonyl (C=O) groups is 2. The normalized spacial score (nSPS) is 14.3. The highest BCUT2D eigenvalue weighted by molar-refractivity contribution is 6.24. The molecule has 1 aromatic carbocycles. The molecule has 1 aliphatic rings. The Kier molecular flexibility index (Phi) is 4.21. The molecule has 3 nitrogen and oxygen atoms in total. The molecule has 0 amide bonds. The third kappa shape index (κ3) is 3.02. The van der Waals surface area contributed by atoms with Gasteiger partial charge in [-0.25, -0.2) is 8.78 Å². The number of hydrogen-bond donors (Lipinski definition) is 0. The number of hydrogen-bond acceptors (Lipinski definition) is 3. The minimum absolute atomic E-state index is 0.130. The SMILES string of the molecule is Cc1cc(C(F)(F)F)cnc1CC1=CC(=O)c2c(F)ccc(F)c2C1=O. The Morgan fingerprint density at radius 3 is 2.23 bits per heavy atom. The Morgan fingerprint density at radius 2 is 1.65 bits per heavy atom. The lowest BCUT2D eigenvalue weighted by Gasteiger charge is -2.17. The van der Waals surface area contributed by atoms with Gasteiger partial charge in [0.1, 0.15) is 11.6 Å². The second-order valence-electron chi connectivity index (χ2n) is 5.80. The van der Waals surface area contributed by atoms with Crippen LogP contribution < -0.4 is 0 Å². The first-order valence-corrected chi connectivity index (χ1v) is 7.40. The van der Waals surface area contributed by atoms with Crippen molar-refractivity contribution >= 4 is 11.6 Å². The van der Waals surface area contributed by atoms with E-state index in [1.165, 1.54) is 6.92 Å². The highest BCUT2D eigenvalue weighted by Gasteiger charge is 2.33. The van der Waals surface area contributed by atoms with Crippen molar-refractivity contribution in [2.75, 3.05) is 0 Å². The largest absolute Gasteiger partial charge is 0.417 e. The average molecular weight is 367 g/mol. The molecule has 2 aromatic rings. The van der Waals surface area contributed by atoms with Crippen molar-refractivity contribution in [2.45, 2.75) is 19.5 Å². The maximum Gasteiger partial charge on any atom is 0.417 e. The average Bonchev–Trinajstić information content (AvgIpc) is 2.55. The number of halogens is 5. The summed E-state index contributed by atoms with van der Waals surface area (Å²) in [7, 11) is 0. The zero-order valence-electron chi connectivity index (χ0n) is 13.2. The van der Waals surface area contributed by atoms with Gasteiger partial charge >= 0.3 is 6.18 Å². The van der Waals surface area contributed by atoms with Gasteiger partial charge in [-0.2, -0.15) is 13.2 Å². The van der Waals surface area contributed by atoms with Crippen molar-refractivity contribution < 1.29 is 31.5 Å². The number of rotatable bonds is 2. The van der Waals surface area contributed by atoms with E-state index in [2.05, 4.69) is 4.98 Å². The number of Topliss-reactive ketones (excluding diaryl/α,β-unsaturated/α-hetero) is 1. The van der Waals surface area contributed by atoms with Crippen molar-refractivity contribution in [3.63, 3.8) is 0 Å². The van der Waals surface area contributed by atoms with Crippen LogP contribution >= 0.6 is 0 Å². The van der Waals surface area contributed by atoms with Crippen LogP contribution in [0, 0.1) is 18.6 Å². The molecule has 0 bridgehead atoms. The number of nitrogens with zero attached hydrogens (tertiary/aromatic N) is 1. The lowest BCUT2D eigenvalue weighted by atomic mass is 9.86. The third-order valence-corrected chi connectivity index (χ3v) is 4.05. The minimum atomic E-state index is -4.56. The minimum Gasteiger partial charge on any atom is -0.289 e. The predicted molar refractivity (Wildman–Crippen MR) is 80.8 cm³/mol. The Hall–Kier alpha value is -2.90. The number of allylic oxidation sites excluding steroid dienone is 2. The molecule has 0 atom stereocenters. The van der Waals surface area contributed by atoms with Crippen molar-refractivity contribution in [1.29, 1.82) is 0 Å². The summed E-state index contributed by atoms with van der Waals surface area (Å²) in [5.41, 5.74) is -2.13. The summed E-state index contributed by atoms with van der Waals surface area (Å²) in [5.74, 6) is -3.82. The molecule has 1 aliphatic carbocycles. The van der Waals surface area contributed by atoms with Gasteiger partial charge in [-0.3, -0.25) is 14.6 Å². The fraction of sp³-hybridized carbons (Fsp3) is 0.167. The van der Waals surface area contributed by atoms with E-state index in [1.54, 1.807) is 0 Å². The third-order valence-electron chi connectivity index (χ3n) is 4.05. The molecule has 0 fully saturated rings. The summed E-state index contributed by atoms with van der Waals surface area (Å²) in [4.78, 5) is 28.2. The van der Waals surface area contributed by atoms with Crippen LogP contribution in [0.25, 0.3) is 0 Å². The molecule has 26 heavy (non-hydrogen) atoms. The fourth-order valence-electron chi connectivity index (χ4n) is 2.73. The van der Waals surface area contributed by atoms with Crippen LogP contribution in [0.3, 0.4) is 0 Å². The maximum atomic E-state index is 13.9. The monoisotopic (exact) mass is 367 g/mol. The summed E-state index contributed by atoms with van der Waals surface area (Å²) in [5, 5.41) is 0. The number of carbonyl (C=O) groups excluding carboxylic acids is 2. The summed E-state index contributed by atoms with van der Waals surface area (Å²) in [6.07, 6.45) is -3.35. The van der Waals surface area contributed by atoms with Crippen molar-refractivity contribution in [1.82, 2.24) is 4.98 Å². The number of ketones is 2. The van der Waals surface area contributed by atoms with Gasteiger partial charge in [0.05, 0.1) is 16.7 Å². The van der Waals surface area contributed by atoms with Crippen molar-refractivity contribution in [3.05, 3.63) is 75.6 Å². The maximum absolute atomic E-state index is 13.9. The quantitative estimate of drug-likeness (QED) is 0.746. The van der Waals surface area contributed by atoms with E-state index in [0.717, 1.165) is 24.3 Å². The van der Waals surface area contributed by atoms with Crippen LogP contribution in [0.5, 0.6) is 0 Å². The van der Waals surface area contributed by atoms with Crippen LogP contribution in [0.4, 0.5) is 22.0 Å². The zero-order chi connectivity index (χ0) is 19.2. The molecule has 1 heterocycles. The van der Waals surface area contributed by atoms with Crippen LogP contribution in [-0.4, -0.2) is 16.6 Å². The smallest absolute Gasteiger partial charge is 0.289 e. The molecule has 134 valence electrons. The molecule has 0 spiro atoms. The van der Waals surface area contributed by atoms with Crippen LogP contribution in [0.2, 0.25) is 0 Å². The molecule has 0 N–H and O–H groups in total. The molecule has 0 radical (unpaired) electrons. The van der Waals surface area contributed by atoms with Crippen molar-refractivity contribution in [3.8, 4) is 0 Å². The highest BCUT2D eigenvalue weighted by Crippen LogP contribution is 2.31. The van der Waals surface area contributed by atoms with Gasteiger partial charge in [0, 0.05) is 23.9 Å². The summed E-state index contributed by atoms with van der Waals surface area (Å²) in [6.45, 7) is 1.38. The standard InChI is InChI=1S/C18H10F5NO2/c1-8-4-10(18(21,22)23)7-24-13(8)5-9-6-14(25)15-11(19)2-3-12(20)16(15)17(9)26/h2-4,6-7H,5H2,1H3. The van der Waals surface area contributed by atoms with Crippen LogP contribution in [0.1, 0.15) is 37.5 Å². The molecule has 0 saturated heterocycles. The molecular formula is C18H10F5NO2. The number of pyridine rings is 1. The zero-order valence-corrected chi connectivity index (χ0v) is 13.2. The van der Waals surface area contributed by atoms with Gasteiger partial charge in [0.25, 0.3) is 0 Å². The molecule has 3 rings (SSSR count). The van der Waals surface area contributed by atoms with E-state index in [-0.39, 0.29) is 23.3 Å². The van der Waals surface area contributed by atoms with E-state index in [0.29, 0.717) is 6.20 Å². The van der Waals surface area contributed by atoms with Gasteiger partial charge in [-0.1, -0.05) is 0 Å². The van der Waals surface area contributed by atoms with Crippen LogP contribution in [-0.2, 0) is 12.6 Å². The van der Waals surface area contributed by atoms with Gasteiger partial charge in [0.15, 0.2) is 11.6 Å². The van der Waals surface area contributed by atoms with E-state index in [1.807, 2.05) is 0 Å². The number of fused-ring (bicyclic) bond motifs is 1. The van der Waals surface area contributed by atoms with Gasteiger partial charge in [0.2, 0.25) is 0 Å². The lowest BCUT2D eigenvalue weighted by molar-refractivity contribution is -0.137. The molecule has 0 aliphatic heterocycles. The molecule has 0 saturated carbocycles. The number of alkyl halides is 3.